The second-order valence-corrected chi connectivity index (χ2v) is 7.49. The highest BCUT2D eigenvalue weighted by atomic mass is 79.9. The Morgan fingerprint density at radius 3 is 2.33 bits per heavy atom. The highest BCUT2D eigenvalue weighted by Crippen LogP contribution is 2.43. The standard InChI is InChI=1S/C16H26BrN3O/c1-6-21-16(9-7-8-10-16)14-19-12(15(2,3)4)11(17)13(18-5)20-14/h6-10H2,1-5H3,(H,18,19,20). The van der Waals surface area contributed by atoms with E-state index in [9.17, 15) is 0 Å². The fraction of sp³-hybridized carbons (Fsp3) is 0.750. The maximum atomic E-state index is 6.12. The van der Waals surface area contributed by atoms with Crippen molar-refractivity contribution in [3.05, 3.63) is 16.0 Å². The van der Waals surface area contributed by atoms with E-state index in [0.29, 0.717) is 6.61 Å². The van der Waals surface area contributed by atoms with Gasteiger partial charge in [0.15, 0.2) is 5.82 Å². The first-order valence-electron chi connectivity index (χ1n) is 7.74. The smallest absolute Gasteiger partial charge is 0.162 e. The van der Waals surface area contributed by atoms with E-state index in [2.05, 4.69) is 42.0 Å². The lowest BCUT2D eigenvalue weighted by atomic mass is 9.91. The fourth-order valence-corrected chi connectivity index (χ4v) is 3.94. The van der Waals surface area contributed by atoms with E-state index in [1.165, 1.54) is 12.8 Å². The summed E-state index contributed by atoms with van der Waals surface area (Å²) in [6, 6.07) is 0. The van der Waals surface area contributed by atoms with Gasteiger partial charge in [0.1, 0.15) is 11.4 Å². The molecule has 4 nitrogen and oxygen atoms in total. The van der Waals surface area contributed by atoms with E-state index >= 15 is 0 Å². The van der Waals surface area contributed by atoms with Crippen molar-refractivity contribution in [2.24, 2.45) is 0 Å². The zero-order valence-corrected chi connectivity index (χ0v) is 15.3. The lowest BCUT2D eigenvalue weighted by Gasteiger charge is -2.30. The quantitative estimate of drug-likeness (QED) is 0.870. The van der Waals surface area contributed by atoms with Gasteiger partial charge in [-0.3, -0.25) is 0 Å². The van der Waals surface area contributed by atoms with Gasteiger partial charge < -0.3 is 10.1 Å². The molecule has 0 spiro atoms. The van der Waals surface area contributed by atoms with Crippen molar-refractivity contribution in [3.63, 3.8) is 0 Å². The molecule has 0 aliphatic heterocycles. The number of hydrogen-bond donors (Lipinski definition) is 1. The van der Waals surface area contributed by atoms with Crippen LogP contribution in [0.1, 0.15) is 64.9 Å². The molecule has 1 aliphatic rings. The highest BCUT2D eigenvalue weighted by Gasteiger charge is 2.40. The number of nitrogens with one attached hydrogen (secondary N) is 1. The lowest BCUT2D eigenvalue weighted by Crippen LogP contribution is -2.31. The van der Waals surface area contributed by atoms with Crippen LogP contribution in [0, 0.1) is 0 Å². The molecule has 0 radical (unpaired) electrons. The number of halogens is 1. The number of nitrogens with zero attached hydrogens (tertiary/aromatic N) is 2. The van der Waals surface area contributed by atoms with E-state index in [0.717, 1.165) is 34.7 Å². The van der Waals surface area contributed by atoms with Crippen molar-refractivity contribution in [1.82, 2.24) is 9.97 Å². The third kappa shape index (κ3) is 3.24. The van der Waals surface area contributed by atoms with Crippen molar-refractivity contribution in [2.75, 3.05) is 19.0 Å². The monoisotopic (exact) mass is 355 g/mol. The lowest BCUT2D eigenvalue weighted by molar-refractivity contribution is -0.0458. The molecule has 0 unspecified atom stereocenters. The van der Waals surface area contributed by atoms with Crippen molar-refractivity contribution in [1.29, 1.82) is 0 Å². The van der Waals surface area contributed by atoms with Gasteiger partial charge in [-0.05, 0) is 48.5 Å². The molecule has 1 aromatic heterocycles. The molecule has 118 valence electrons. The summed E-state index contributed by atoms with van der Waals surface area (Å²) in [5.74, 6) is 1.68. The van der Waals surface area contributed by atoms with Crippen LogP contribution in [0.4, 0.5) is 5.82 Å². The van der Waals surface area contributed by atoms with E-state index in [1.807, 2.05) is 14.0 Å². The Hall–Kier alpha value is -0.680. The fourth-order valence-electron chi connectivity index (χ4n) is 2.97. The molecule has 21 heavy (non-hydrogen) atoms. The molecule has 1 aromatic rings. The Morgan fingerprint density at radius 2 is 1.86 bits per heavy atom. The molecule has 1 fully saturated rings. The first-order valence-corrected chi connectivity index (χ1v) is 8.53. The molecule has 2 rings (SSSR count). The molecule has 0 bridgehead atoms. The number of rotatable bonds is 4. The summed E-state index contributed by atoms with van der Waals surface area (Å²) >= 11 is 3.65. The molecule has 0 aromatic carbocycles. The molecular weight excluding hydrogens is 330 g/mol. The van der Waals surface area contributed by atoms with Gasteiger partial charge in [-0.2, -0.15) is 0 Å². The molecule has 5 heteroatoms. The van der Waals surface area contributed by atoms with Crippen molar-refractivity contribution in [3.8, 4) is 0 Å². The van der Waals surface area contributed by atoms with Crippen LogP contribution >= 0.6 is 15.9 Å². The highest BCUT2D eigenvalue weighted by molar-refractivity contribution is 9.10. The molecule has 0 atom stereocenters. The van der Waals surface area contributed by atoms with E-state index in [-0.39, 0.29) is 11.0 Å². The molecule has 1 aliphatic carbocycles. The first kappa shape index (κ1) is 16.7. The zero-order valence-electron chi connectivity index (χ0n) is 13.7. The second kappa shape index (κ2) is 6.21. The van der Waals surface area contributed by atoms with Crippen LogP contribution in [-0.2, 0) is 15.8 Å². The molecule has 1 heterocycles. The van der Waals surface area contributed by atoms with Crippen molar-refractivity contribution in [2.45, 2.75) is 64.4 Å². The van der Waals surface area contributed by atoms with Gasteiger partial charge in [-0.25, -0.2) is 9.97 Å². The summed E-state index contributed by atoms with van der Waals surface area (Å²) < 4.78 is 7.07. The number of aromatic nitrogens is 2. The predicted molar refractivity (Wildman–Crippen MR) is 89.8 cm³/mol. The van der Waals surface area contributed by atoms with Gasteiger partial charge in [0.25, 0.3) is 0 Å². The van der Waals surface area contributed by atoms with Gasteiger partial charge in [0, 0.05) is 19.1 Å². The first-order chi connectivity index (χ1) is 9.84. The largest absolute Gasteiger partial charge is 0.372 e. The number of anilines is 1. The summed E-state index contributed by atoms with van der Waals surface area (Å²) in [7, 11) is 1.89. The van der Waals surface area contributed by atoms with Gasteiger partial charge in [-0.1, -0.05) is 20.8 Å². The van der Waals surface area contributed by atoms with Crippen LogP contribution in [-0.4, -0.2) is 23.6 Å². The molecule has 0 amide bonds. The maximum absolute atomic E-state index is 6.12. The van der Waals surface area contributed by atoms with Gasteiger partial charge in [0.2, 0.25) is 0 Å². The van der Waals surface area contributed by atoms with Crippen LogP contribution in [0.15, 0.2) is 4.47 Å². The van der Waals surface area contributed by atoms with Crippen LogP contribution in [0.3, 0.4) is 0 Å². The van der Waals surface area contributed by atoms with Gasteiger partial charge >= 0.3 is 0 Å². The molecular formula is C16H26BrN3O. The Labute approximate surface area is 136 Å². The number of ether oxygens (including phenoxy) is 1. The van der Waals surface area contributed by atoms with E-state index < -0.39 is 0 Å². The normalized spacial score (nSPS) is 18.0. The summed E-state index contributed by atoms with van der Waals surface area (Å²) in [5, 5.41) is 3.18. The Balaban J connectivity index is 2.58. The van der Waals surface area contributed by atoms with E-state index in [4.69, 9.17) is 14.7 Å². The molecule has 0 saturated heterocycles. The second-order valence-electron chi connectivity index (χ2n) is 6.69. The van der Waals surface area contributed by atoms with Crippen LogP contribution < -0.4 is 5.32 Å². The summed E-state index contributed by atoms with van der Waals surface area (Å²) in [4.78, 5) is 9.65. The average Bonchev–Trinajstić information content (AvgIpc) is 2.87. The van der Waals surface area contributed by atoms with Crippen molar-refractivity contribution >= 4 is 21.7 Å². The predicted octanol–water partition coefficient (Wildman–Crippen LogP) is 4.38. The topological polar surface area (TPSA) is 47.0 Å². The third-order valence-electron chi connectivity index (χ3n) is 4.04. The summed E-state index contributed by atoms with van der Waals surface area (Å²) in [5.41, 5.74) is 0.678. The molecule has 1 saturated carbocycles. The number of hydrogen-bond acceptors (Lipinski definition) is 4. The van der Waals surface area contributed by atoms with Crippen LogP contribution in [0.2, 0.25) is 0 Å². The van der Waals surface area contributed by atoms with Gasteiger partial charge in [0.05, 0.1) is 10.2 Å². The Bertz CT molecular complexity index is 505. The summed E-state index contributed by atoms with van der Waals surface area (Å²) in [6.45, 7) is 9.25. The zero-order chi connectivity index (χ0) is 15.7. The molecule has 1 N–H and O–H groups in total. The SMILES string of the molecule is CCOC1(c2nc(NC)c(Br)c(C(C)(C)C)n2)CCCC1. The Kier molecular flexibility index (Phi) is 4.93. The minimum absolute atomic E-state index is 0.0475. The van der Waals surface area contributed by atoms with Gasteiger partial charge in [-0.15, -0.1) is 0 Å². The minimum Gasteiger partial charge on any atom is -0.372 e. The van der Waals surface area contributed by atoms with Crippen LogP contribution in [0.25, 0.3) is 0 Å². The minimum atomic E-state index is -0.305. The van der Waals surface area contributed by atoms with E-state index in [1.54, 1.807) is 0 Å². The third-order valence-corrected chi connectivity index (χ3v) is 4.79. The summed E-state index contributed by atoms with van der Waals surface area (Å²) in [6.07, 6.45) is 4.38. The van der Waals surface area contributed by atoms with Crippen molar-refractivity contribution < 1.29 is 4.74 Å². The van der Waals surface area contributed by atoms with Crippen LogP contribution in [0.5, 0.6) is 0 Å². The Morgan fingerprint density at radius 1 is 1.24 bits per heavy atom. The average molecular weight is 356 g/mol. The maximum Gasteiger partial charge on any atom is 0.162 e.